The van der Waals surface area contributed by atoms with E-state index in [9.17, 15) is 0 Å². The highest BCUT2D eigenvalue weighted by Gasteiger charge is 2.13. The number of nitrogens with one attached hydrogen (secondary N) is 1. The lowest BCUT2D eigenvalue weighted by Gasteiger charge is -2.19. The van der Waals surface area contributed by atoms with Gasteiger partial charge in [0.05, 0.1) is 12.7 Å². The zero-order valence-corrected chi connectivity index (χ0v) is 11.6. The minimum absolute atomic E-state index is 0.00481. The Balaban J connectivity index is 2.67. The van der Waals surface area contributed by atoms with Gasteiger partial charge in [0.15, 0.2) is 0 Å². The molecule has 0 aliphatic heterocycles. The molecule has 5 heteroatoms. The van der Waals surface area contributed by atoms with E-state index < -0.39 is 0 Å². The number of ether oxygens (including phenoxy) is 1. The first kappa shape index (κ1) is 14.7. The molecule has 0 aromatic heterocycles. The predicted molar refractivity (Wildman–Crippen MR) is 72.4 cm³/mol. The zero-order chi connectivity index (χ0) is 12.8. The molecule has 17 heavy (non-hydrogen) atoms. The van der Waals surface area contributed by atoms with Crippen molar-refractivity contribution < 1.29 is 4.74 Å². The van der Waals surface area contributed by atoms with Crippen LogP contribution in [0, 0.1) is 0 Å². The van der Waals surface area contributed by atoms with Gasteiger partial charge in [-0.25, -0.2) is 0 Å². The highest BCUT2D eigenvalue weighted by atomic mass is 35.5. The van der Waals surface area contributed by atoms with E-state index in [1.54, 1.807) is 0 Å². The minimum atomic E-state index is -0.00481. The maximum atomic E-state index is 6.10. The average molecular weight is 277 g/mol. The molecule has 0 aliphatic carbocycles. The van der Waals surface area contributed by atoms with Gasteiger partial charge in [-0.2, -0.15) is 0 Å². The van der Waals surface area contributed by atoms with Crippen LogP contribution in [0.2, 0.25) is 10.0 Å². The minimum Gasteiger partial charge on any atom is -0.377 e. The maximum Gasteiger partial charge on any atom is 0.0639 e. The third kappa shape index (κ3) is 4.82. The summed E-state index contributed by atoms with van der Waals surface area (Å²) in [6, 6.07) is 5.46. The number of hydrogen-bond donors (Lipinski definition) is 2. The molecule has 1 aromatic carbocycles. The van der Waals surface area contributed by atoms with Crippen LogP contribution >= 0.6 is 23.2 Å². The van der Waals surface area contributed by atoms with Crippen LogP contribution in [-0.4, -0.2) is 18.8 Å². The molecule has 3 nitrogen and oxygen atoms in total. The summed E-state index contributed by atoms with van der Waals surface area (Å²) in [5.41, 5.74) is 3.61. The molecule has 0 saturated heterocycles. The molecule has 0 heterocycles. The van der Waals surface area contributed by atoms with E-state index >= 15 is 0 Å². The highest BCUT2D eigenvalue weighted by Crippen LogP contribution is 2.25. The zero-order valence-electron chi connectivity index (χ0n) is 10.0. The molecule has 0 aliphatic rings. The molecule has 0 spiro atoms. The van der Waals surface area contributed by atoms with E-state index in [1.165, 1.54) is 0 Å². The van der Waals surface area contributed by atoms with Crippen LogP contribution in [0.1, 0.15) is 19.4 Å². The second-order valence-corrected chi connectivity index (χ2v) is 4.96. The first-order valence-electron chi connectivity index (χ1n) is 5.55. The second kappa shape index (κ2) is 7.19. The number of benzene rings is 1. The third-order valence-electron chi connectivity index (χ3n) is 2.38. The monoisotopic (exact) mass is 276 g/mol. The van der Waals surface area contributed by atoms with Crippen LogP contribution in [0.4, 0.5) is 0 Å². The standard InChI is InChI=1S/C12H18Cl2N2O/c1-8(2)17-7-9(16-15)6-10-11(13)4-3-5-12(10)14/h3-5,8-9,16H,6-7,15H2,1-2H3. The molecular weight excluding hydrogens is 259 g/mol. The van der Waals surface area contributed by atoms with Gasteiger partial charge in [0.2, 0.25) is 0 Å². The molecular formula is C12H18Cl2N2O. The van der Waals surface area contributed by atoms with Gasteiger partial charge >= 0.3 is 0 Å². The van der Waals surface area contributed by atoms with Gasteiger partial charge in [0.1, 0.15) is 0 Å². The maximum absolute atomic E-state index is 6.10. The summed E-state index contributed by atoms with van der Waals surface area (Å²) in [4.78, 5) is 0. The molecule has 3 N–H and O–H groups in total. The Kier molecular flexibility index (Phi) is 6.23. The Morgan fingerprint density at radius 2 is 1.88 bits per heavy atom. The van der Waals surface area contributed by atoms with Crippen LogP contribution in [0.5, 0.6) is 0 Å². The summed E-state index contributed by atoms with van der Waals surface area (Å²) in [6.45, 7) is 4.49. The van der Waals surface area contributed by atoms with E-state index in [4.69, 9.17) is 33.8 Å². The van der Waals surface area contributed by atoms with E-state index in [-0.39, 0.29) is 12.1 Å². The Hall–Kier alpha value is -0.320. The van der Waals surface area contributed by atoms with Crippen LogP contribution in [0.3, 0.4) is 0 Å². The van der Waals surface area contributed by atoms with E-state index in [2.05, 4.69) is 5.43 Å². The molecule has 1 rings (SSSR count). The molecule has 0 saturated carbocycles. The molecule has 96 valence electrons. The molecule has 1 atom stereocenters. The van der Waals surface area contributed by atoms with Crippen LogP contribution in [0.25, 0.3) is 0 Å². The topological polar surface area (TPSA) is 47.3 Å². The number of hydrazine groups is 1. The van der Waals surface area contributed by atoms with Gasteiger partial charge in [0.25, 0.3) is 0 Å². The summed E-state index contributed by atoms with van der Waals surface area (Å²) in [5, 5.41) is 1.31. The van der Waals surface area contributed by atoms with Gasteiger partial charge in [0, 0.05) is 16.1 Å². The van der Waals surface area contributed by atoms with Crippen molar-refractivity contribution in [3.8, 4) is 0 Å². The van der Waals surface area contributed by atoms with Crippen molar-refractivity contribution in [3.05, 3.63) is 33.8 Å². The lowest BCUT2D eigenvalue weighted by Crippen LogP contribution is -2.41. The van der Waals surface area contributed by atoms with E-state index in [0.29, 0.717) is 23.1 Å². The first-order chi connectivity index (χ1) is 8.04. The average Bonchev–Trinajstić information content (AvgIpc) is 2.27. The van der Waals surface area contributed by atoms with Crippen molar-refractivity contribution in [2.45, 2.75) is 32.4 Å². The van der Waals surface area contributed by atoms with Gasteiger partial charge < -0.3 is 4.74 Å². The Labute approximate surface area is 112 Å². The van der Waals surface area contributed by atoms with Crippen molar-refractivity contribution in [1.82, 2.24) is 5.43 Å². The van der Waals surface area contributed by atoms with Crippen LogP contribution in [0.15, 0.2) is 18.2 Å². The number of nitrogens with two attached hydrogens (primary N) is 1. The summed E-state index contributed by atoms with van der Waals surface area (Å²) >= 11 is 12.2. The lowest BCUT2D eigenvalue weighted by atomic mass is 10.1. The SMILES string of the molecule is CC(C)OCC(Cc1c(Cl)cccc1Cl)NN. The molecule has 0 fully saturated rings. The molecule has 1 unspecified atom stereocenters. The number of rotatable bonds is 6. The molecule has 1 aromatic rings. The molecule has 0 amide bonds. The Bertz CT molecular complexity index is 338. The highest BCUT2D eigenvalue weighted by molar-refractivity contribution is 6.35. The van der Waals surface area contributed by atoms with Crippen molar-refractivity contribution in [1.29, 1.82) is 0 Å². The quantitative estimate of drug-likeness (QED) is 0.621. The Morgan fingerprint density at radius 1 is 1.29 bits per heavy atom. The Morgan fingerprint density at radius 3 is 2.35 bits per heavy atom. The van der Waals surface area contributed by atoms with Gasteiger partial charge in [-0.05, 0) is 38.0 Å². The van der Waals surface area contributed by atoms with Crippen molar-refractivity contribution >= 4 is 23.2 Å². The second-order valence-electron chi connectivity index (χ2n) is 4.15. The number of hydrogen-bond acceptors (Lipinski definition) is 3. The fraction of sp³-hybridized carbons (Fsp3) is 0.500. The summed E-state index contributed by atoms with van der Waals surface area (Å²) in [7, 11) is 0. The summed E-state index contributed by atoms with van der Waals surface area (Å²) < 4.78 is 5.52. The normalized spacial score (nSPS) is 13.1. The van der Waals surface area contributed by atoms with Crippen LogP contribution < -0.4 is 11.3 Å². The van der Waals surface area contributed by atoms with Crippen LogP contribution in [-0.2, 0) is 11.2 Å². The third-order valence-corrected chi connectivity index (χ3v) is 3.09. The van der Waals surface area contributed by atoms with Gasteiger partial charge in [-0.3, -0.25) is 11.3 Å². The summed E-state index contributed by atoms with van der Waals surface area (Å²) in [6.07, 6.45) is 0.814. The van der Waals surface area contributed by atoms with Gasteiger partial charge in [-0.1, -0.05) is 29.3 Å². The molecule has 0 bridgehead atoms. The fourth-order valence-electron chi connectivity index (χ4n) is 1.45. The summed E-state index contributed by atoms with van der Waals surface area (Å²) in [5.74, 6) is 5.49. The van der Waals surface area contributed by atoms with Gasteiger partial charge in [-0.15, -0.1) is 0 Å². The first-order valence-corrected chi connectivity index (χ1v) is 6.30. The lowest BCUT2D eigenvalue weighted by molar-refractivity contribution is 0.0613. The van der Waals surface area contributed by atoms with Crippen molar-refractivity contribution in [2.75, 3.05) is 6.61 Å². The van der Waals surface area contributed by atoms with E-state index in [1.807, 2.05) is 32.0 Å². The number of halogens is 2. The smallest absolute Gasteiger partial charge is 0.0639 e. The molecule has 0 radical (unpaired) electrons. The fourth-order valence-corrected chi connectivity index (χ4v) is 2.00. The predicted octanol–water partition coefficient (Wildman–Crippen LogP) is 2.79. The van der Waals surface area contributed by atoms with Crippen molar-refractivity contribution in [2.24, 2.45) is 5.84 Å². The van der Waals surface area contributed by atoms with E-state index in [0.717, 1.165) is 5.56 Å². The largest absolute Gasteiger partial charge is 0.377 e. The van der Waals surface area contributed by atoms with Crippen molar-refractivity contribution in [3.63, 3.8) is 0 Å².